The van der Waals surface area contributed by atoms with Gasteiger partial charge < -0.3 is 20.3 Å². The van der Waals surface area contributed by atoms with Gasteiger partial charge in [-0.05, 0) is 47.5 Å². The number of carbonyl (C=O) groups is 2. The van der Waals surface area contributed by atoms with Gasteiger partial charge in [0.05, 0.1) is 7.11 Å². The fraction of sp³-hybridized carbons (Fsp3) is 0.130. The van der Waals surface area contributed by atoms with Crippen molar-refractivity contribution in [3.05, 3.63) is 89.2 Å². The maximum atomic E-state index is 13.8. The van der Waals surface area contributed by atoms with Gasteiger partial charge in [0.25, 0.3) is 5.91 Å². The Hall–Kier alpha value is -3.87. The average Bonchev–Trinajstić information content (AvgIpc) is 3.19. The van der Waals surface area contributed by atoms with Crippen molar-refractivity contribution < 1.29 is 18.7 Å². The largest absolute Gasteiger partial charge is 0.494 e. The number of fused-ring (bicyclic) bond motifs is 1. The van der Waals surface area contributed by atoms with Crippen molar-refractivity contribution in [1.29, 1.82) is 0 Å². The summed E-state index contributed by atoms with van der Waals surface area (Å²) < 4.78 is 18.6. The van der Waals surface area contributed by atoms with Crippen molar-refractivity contribution >= 4 is 23.3 Å². The van der Waals surface area contributed by atoms with Crippen molar-refractivity contribution in [3.63, 3.8) is 0 Å². The lowest BCUT2D eigenvalue weighted by Gasteiger charge is -2.16. The Morgan fingerprint density at radius 3 is 2.13 bits per heavy atom. The number of benzene rings is 3. The Bertz CT molecular complexity index is 1070. The molecule has 0 aromatic heterocycles. The van der Waals surface area contributed by atoms with Crippen molar-refractivity contribution in [2.24, 2.45) is 0 Å². The molecule has 1 aliphatic heterocycles. The number of hydrogen-bond donors (Lipinski definition) is 2. The lowest BCUT2D eigenvalue weighted by Crippen LogP contribution is -2.30. The van der Waals surface area contributed by atoms with E-state index in [0.717, 1.165) is 11.1 Å². The predicted octanol–water partition coefficient (Wildman–Crippen LogP) is 4.63. The van der Waals surface area contributed by atoms with Gasteiger partial charge in [0, 0.05) is 36.1 Å². The number of urea groups is 1. The summed E-state index contributed by atoms with van der Waals surface area (Å²) in [5.74, 6) is -0.834. The lowest BCUT2D eigenvalue weighted by molar-refractivity contribution is 0.102. The zero-order valence-corrected chi connectivity index (χ0v) is 16.3. The van der Waals surface area contributed by atoms with E-state index in [4.69, 9.17) is 4.74 Å². The molecule has 0 spiro atoms. The Morgan fingerprint density at radius 2 is 1.53 bits per heavy atom. The van der Waals surface area contributed by atoms with Crippen LogP contribution in [-0.2, 0) is 13.1 Å². The van der Waals surface area contributed by atoms with E-state index >= 15 is 0 Å². The van der Waals surface area contributed by atoms with E-state index in [1.54, 1.807) is 35.2 Å². The van der Waals surface area contributed by atoms with Crippen LogP contribution in [0.3, 0.4) is 0 Å². The Balaban J connectivity index is 1.36. The number of methoxy groups -OCH3 is 1. The molecule has 0 unspecified atom stereocenters. The van der Waals surface area contributed by atoms with Gasteiger partial charge in [0.15, 0.2) is 11.6 Å². The van der Waals surface area contributed by atoms with E-state index in [1.807, 2.05) is 24.3 Å². The topological polar surface area (TPSA) is 70.7 Å². The fourth-order valence-electron chi connectivity index (χ4n) is 3.33. The normalized spacial score (nSPS) is 12.3. The molecule has 4 rings (SSSR count). The number of nitrogens with zero attached hydrogens (tertiary/aromatic N) is 1. The number of ether oxygens (including phenoxy) is 1. The molecule has 0 bridgehead atoms. The van der Waals surface area contributed by atoms with Crippen LogP contribution in [0.25, 0.3) is 0 Å². The second kappa shape index (κ2) is 8.24. The number of amides is 3. The van der Waals surface area contributed by atoms with Crippen LogP contribution in [0.15, 0.2) is 66.7 Å². The number of carbonyl (C=O) groups excluding carboxylic acids is 2. The molecule has 0 fully saturated rings. The third kappa shape index (κ3) is 4.10. The van der Waals surface area contributed by atoms with E-state index in [9.17, 15) is 14.0 Å². The second-order valence-electron chi connectivity index (χ2n) is 6.94. The molecule has 3 amide bonds. The standard InChI is InChI=1S/C23H20FN3O3/c1-30-21-11-10-19(12-20(21)24)25-22(28)15-6-8-18(9-7-15)26-23(29)27-13-16-4-2-3-5-17(16)14-27/h2-12H,13-14H2,1H3,(H,25,28)(H,26,29). The molecule has 30 heavy (non-hydrogen) atoms. The van der Waals surface area contributed by atoms with E-state index in [0.29, 0.717) is 30.0 Å². The summed E-state index contributed by atoms with van der Waals surface area (Å²) in [6.07, 6.45) is 0. The molecule has 0 saturated carbocycles. The average molecular weight is 405 g/mol. The maximum absolute atomic E-state index is 13.8. The van der Waals surface area contributed by atoms with Gasteiger partial charge in [-0.2, -0.15) is 0 Å². The van der Waals surface area contributed by atoms with Gasteiger partial charge in [-0.15, -0.1) is 0 Å². The molecule has 1 heterocycles. The summed E-state index contributed by atoms with van der Waals surface area (Å²) >= 11 is 0. The summed E-state index contributed by atoms with van der Waals surface area (Å²) in [6.45, 7) is 1.14. The predicted molar refractivity (Wildman–Crippen MR) is 112 cm³/mol. The van der Waals surface area contributed by atoms with Crippen LogP contribution in [0.4, 0.5) is 20.6 Å². The summed E-state index contributed by atoms with van der Waals surface area (Å²) in [6, 6.07) is 18.5. The van der Waals surface area contributed by atoms with Crippen LogP contribution in [0, 0.1) is 5.82 Å². The number of hydrogen-bond acceptors (Lipinski definition) is 3. The monoisotopic (exact) mass is 405 g/mol. The van der Waals surface area contributed by atoms with Crippen LogP contribution in [0.5, 0.6) is 5.75 Å². The first-order chi connectivity index (χ1) is 14.5. The Morgan fingerprint density at radius 1 is 0.900 bits per heavy atom. The summed E-state index contributed by atoms with van der Waals surface area (Å²) in [5.41, 5.74) is 3.59. The maximum Gasteiger partial charge on any atom is 0.322 e. The highest BCUT2D eigenvalue weighted by atomic mass is 19.1. The second-order valence-corrected chi connectivity index (χ2v) is 6.94. The van der Waals surface area contributed by atoms with E-state index in [1.165, 1.54) is 19.2 Å². The van der Waals surface area contributed by atoms with E-state index in [2.05, 4.69) is 10.6 Å². The molecule has 3 aromatic rings. The molecule has 2 N–H and O–H groups in total. The van der Waals surface area contributed by atoms with E-state index in [-0.39, 0.29) is 17.7 Å². The number of halogens is 1. The first kappa shape index (κ1) is 19.4. The van der Waals surface area contributed by atoms with Crippen LogP contribution < -0.4 is 15.4 Å². The van der Waals surface area contributed by atoms with Crippen LogP contribution in [0.1, 0.15) is 21.5 Å². The van der Waals surface area contributed by atoms with Gasteiger partial charge in [-0.3, -0.25) is 4.79 Å². The zero-order chi connectivity index (χ0) is 21.1. The highest BCUT2D eigenvalue weighted by Gasteiger charge is 2.22. The van der Waals surface area contributed by atoms with E-state index < -0.39 is 5.82 Å². The zero-order valence-electron chi connectivity index (χ0n) is 16.3. The van der Waals surface area contributed by atoms with Crippen molar-refractivity contribution in [3.8, 4) is 5.75 Å². The highest BCUT2D eigenvalue weighted by molar-refractivity contribution is 6.04. The summed E-state index contributed by atoms with van der Waals surface area (Å²) in [7, 11) is 1.37. The molecule has 0 radical (unpaired) electrons. The lowest BCUT2D eigenvalue weighted by atomic mass is 10.1. The van der Waals surface area contributed by atoms with Crippen LogP contribution >= 0.6 is 0 Å². The summed E-state index contributed by atoms with van der Waals surface area (Å²) in [5, 5.41) is 5.48. The fourth-order valence-corrected chi connectivity index (χ4v) is 3.33. The SMILES string of the molecule is COc1ccc(NC(=O)c2ccc(NC(=O)N3Cc4ccccc4C3)cc2)cc1F. The molecule has 1 aliphatic rings. The summed E-state index contributed by atoms with van der Waals surface area (Å²) in [4.78, 5) is 26.6. The molecule has 3 aromatic carbocycles. The van der Waals surface area contributed by atoms with Crippen molar-refractivity contribution in [2.75, 3.05) is 17.7 Å². The molecule has 152 valence electrons. The number of rotatable bonds is 4. The first-order valence-corrected chi connectivity index (χ1v) is 9.41. The number of anilines is 2. The minimum atomic E-state index is -0.558. The van der Waals surface area contributed by atoms with Crippen LogP contribution in [0.2, 0.25) is 0 Å². The molecule has 6 nitrogen and oxygen atoms in total. The minimum Gasteiger partial charge on any atom is -0.494 e. The Labute approximate surface area is 173 Å². The van der Waals surface area contributed by atoms with Crippen LogP contribution in [-0.4, -0.2) is 23.9 Å². The third-order valence-corrected chi connectivity index (χ3v) is 4.94. The first-order valence-electron chi connectivity index (χ1n) is 9.41. The highest BCUT2D eigenvalue weighted by Crippen LogP contribution is 2.24. The smallest absolute Gasteiger partial charge is 0.322 e. The molecule has 0 saturated heterocycles. The molecule has 7 heteroatoms. The van der Waals surface area contributed by atoms with Gasteiger partial charge >= 0.3 is 6.03 Å². The quantitative estimate of drug-likeness (QED) is 0.665. The molecule has 0 atom stereocenters. The Kier molecular flexibility index (Phi) is 5.34. The van der Waals surface area contributed by atoms with Gasteiger partial charge in [-0.1, -0.05) is 24.3 Å². The molecule has 0 aliphatic carbocycles. The van der Waals surface area contributed by atoms with Gasteiger partial charge in [0.1, 0.15) is 0 Å². The van der Waals surface area contributed by atoms with Gasteiger partial charge in [-0.25, -0.2) is 9.18 Å². The van der Waals surface area contributed by atoms with Crippen molar-refractivity contribution in [1.82, 2.24) is 4.90 Å². The molecular weight excluding hydrogens is 385 g/mol. The number of nitrogens with one attached hydrogen (secondary N) is 2. The third-order valence-electron chi connectivity index (χ3n) is 4.94. The van der Waals surface area contributed by atoms with Gasteiger partial charge in [0.2, 0.25) is 0 Å². The molecular formula is C23H20FN3O3. The minimum absolute atomic E-state index is 0.106. The van der Waals surface area contributed by atoms with Crippen molar-refractivity contribution in [2.45, 2.75) is 13.1 Å².